The predicted octanol–water partition coefficient (Wildman–Crippen LogP) is 2.70. The van der Waals surface area contributed by atoms with Gasteiger partial charge in [-0.05, 0) is 62.7 Å². The molecular weight excluding hydrogens is 216 g/mol. The molecule has 2 N–H and O–H groups in total. The third-order valence-electron chi connectivity index (χ3n) is 3.48. The van der Waals surface area contributed by atoms with Crippen molar-refractivity contribution in [2.45, 2.75) is 32.2 Å². The molecule has 0 saturated carbocycles. The topological polar surface area (TPSA) is 29.3 Å². The number of hydrogen-bond donors (Lipinski definition) is 1. The van der Waals surface area contributed by atoms with Crippen LogP contribution in [0.25, 0.3) is 0 Å². The number of thiophene rings is 1. The first-order valence-corrected chi connectivity index (χ1v) is 7.21. The summed E-state index contributed by atoms with van der Waals surface area (Å²) in [6, 6.07) is 4.39. The summed E-state index contributed by atoms with van der Waals surface area (Å²) in [5.41, 5.74) is 5.55. The van der Waals surface area contributed by atoms with Gasteiger partial charge in [-0.2, -0.15) is 0 Å². The Morgan fingerprint density at radius 3 is 2.81 bits per heavy atom. The minimum atomic E-state index is 0.857. The van der Waals surface area contributed by atoms with Gasteiger partial charge in [-0.3, -0.25) is 4.90 Å². The average molecular weight is 238 g/mol. The third-order valence-corrected chi connectivity index (χ3v) is 4.34. The van der Waals surface area contributed by atoms with Crippen LogP contribution >= 0.6 is 11.3 Å². The van der Waals surface area contributed by atoms with E-state index in [2.05, 4.69) is 22.4 Å². The van der Waals surface area contributed by atoms with Crippen LogP contribution in [0.4, 0.5) is 0 Å². The molecule has 0 bridgehead atoms. The molecule has 1 aliphatic rings. The number of likely N-dealkylation sites (tertiary alicyclic amines) is 1. The Kier molecular flexibility index (Phi) is 4.82. The summed E-state index contributed by atoms with van der Waals surface area (Å²) in [5.74, 6) is 0.933. The molecule has 16 heavy (non-hydrogen) atoms. The van der Waals surface area contributed by atoms with Gasteiger partial charge in [0.25, 0.3) is 0 Å². The van der Waals surface area contributed by atoms with E-state index in [-0.39, 0.29) is 0 Å². The zero-order valence-corrected chi connectivity index (χ0v) is 10.7. The van der Waals surface area contributed by atoms with Crippen LogP contribution in [0.1, 0.15) is 30.6 Å². The average Bonchev–Trinajstić information content (AvgIpc) is 2.81. The lowest BCUT2D eigenvalue weighted by molar-refractivity contribution is 0.172. The van der Waals surface area contributed by atoms with Crippen molar-refractivity contribution in [3.05, 3.63) is 22.4 Å². The molecule has 1 saturated heterocycles. The van der Waals surface area contributed by atoms with Crippen LogP contribution in [0.15, 0.2) is 17.5 Å². The van der Waals surface area contributed by atoms with Gasteiger partial charge in [0, 0.05) is 11.4 Å². The molecule has 3 heteroatoms. The summed E-state index contributed by atoms with van der Waals surface area (Å²) in [6.45, 7) is 4.55. The van der Waals surface area contributed by atoms with E-state index in [1.807, 2.05) is 11.3 Å². The highest BCUT2D eigenvalue weighted by Crippen LogP contribution is 2.23. The molecule has 2 rings (SSSR count). The van der Waals surface area contributed by atoms with Crippen LogP contribution in [0.5, 0.6) is 0 Å². The molecule has 0 unspecified atom stereocenters. The quantitative estimate of drug-likeness (QED) is 0.854. The maximum absolute atomic E-state index is 5.55. The second kappa shape index (κ2) is 6.38. The van der Waals surface area contributed by atoms with E-state index in [1.165, 1.54) is 43.6 Å². The lowest BCUT2D eigenvalue weighted by atomic mass is 9.92. The molecule has 90 valence electrons. The van der Waals surface area contributed by atoms with E-state index in [0.29, 0.717) is 0 Å². The van der Waals surface area contributed by atoms with Crippen LogP contribution in [-0.2, 0) is 6.54 Å². The molecule has 1 fully saturated rings. The number of piperidine rings is 1. The van der Waals surface area contributed by atoms with Crippen molar-refractivity contribution < 1.29 is 0 Å². The molecule has 1 aromatic rings. The Morgan fingerprint density at radius 2 is 2.19 bits per heavy atom. The van der Waals surface area contributed by atoms with Gasteiger partial charge >= 0.3 is 0 Å². The summed E-state index contributed by atoms with van der Waals surface area (Å²) in [5, 5.41) is 2.17. The SMILES string of the molecule is NCCCC1CCN(Cc2cccs2)CC1. The molecule has 0 amide bonds. The van der Waals surface area contributed by atoms with Gasteiger partial charge in [-0.25, -0.2) is 0 Å². The largest absolute Gasteiger partial charge is 0.330 e. The van der Waals surface area contributed by atoms with Gasteiger partial charge in [0.1, 0.15) is 0 Å². The van der Waals surface area contributed by atoms with Gasteiger partial charge in [-0.15, -0.1) is 11.3 Å². The molecule has 0 radical (unpaired) electrons. The fourth-order valence-electron chi connectivity index (χ4n) is 2.46. The minimum absolute atomic E-state index is 0.857. The van der Waals surface area contributed by atoms with Crippen molar-refractivity contribution in [3.63, 3.8) is 0 Å². The number of hydrogen-bond acceptors (Lipinski definition) is 3. The van der Waals surface area contributed by atoms with Crippen molar-refractivity contribution in [3.8, 4) is 0 Å². The molecule has 0 aromatic carbocycles. The molecule has 2 heterocycles. The van der Waals surface area contributed by atoms with Crippen molar-refractivity contribution in [2.24, 2.45) is 11.7 Å². The highest BCUT2D eigenvalue weighted by atomic mass is 32.1. The molecule has 2 nitrogen and oxygen atoms in total. The highest BCUT2D eigenvalue weighted by Gasteiger charge is 2.18. The zero-order chi connectivity index (χ0) is 11.2. The van der Waals surface area contributed by atoms with Crippen LogP contribution in [0.2, 0.25) is 0 Å². The molecule has 0 aliphatic carbocycles. The lowest BCUT2D eigenvalue weighted by Crippen LogP contribution is -2.33. The molecule has 0 spiro atoms. The van der Waals surface area contributed by atoms with E-state index in [0.717, 1.165) is 19.0 Å². The Labute approximate surface area is 102 Å². The zero-order valence-electron chi connectivity index (χ0n) is 9.90. The summed E-state index contributed by atoms with van der Waals surface area (Å²) < 4.78 is 0. The normalized spacial score (nSPS) is 19.1. The maximum atomic E-state index is 5.55. The van der Waals surface area contributed by atoms with Gasteiger partial charge in [-0.1, -0.05) is 6.07 Å². The minimum Gasteiger partial charge on any atom is -0.330 e. The van der Waals surface area contributed by atoms with E-state index in [9.17, 15) is 0 Å². The predicted molar refractivity (Wildman–Crippen MR) is 70.6 cm³/mol. The molecule has 1 aliphatic heterocycles. The third kappa shape index (κ3) is 3.58. The van der Waals surface area contributed by atoms with Crippen LogP contribution in [-0.4, -0.2) is 24.5 Å². The Bertz CT molecular complexity index is 276. The first kappa shape index (κ1) is 12.1. The maximum Gasteiger partial charge on any atom is 0.0327 e. The fourth-order valence-corrected chi connectivity index (χ4v) is 3.21. The summed E-state index contributed by atoms with van der Waals surface area (Å²) >= 11 is 1.87. The van der Waals surface area contributed by atoms with Gasteiger partial charge in [0.05, 0.1) is 0 Å². The smallest absolute Gasteiger partial charge is 0.0327 e. The second-order valence-corrected chi connectivity index (χ2v) is 5.76. The monoisotopic (exact) mass is 238 g/mol. The standard InChI is InChI=1S/C13H22N2S/c14-7-1-3-12-5-8-15(9-6-12)11-13-4-2-10-16-13/h2,4,10,12H,1,3,5-9,11,14H2. The summed E-state index contributed by atoms with van der Waals surface area (Å²) in [6.07, 6.45) is 5.27. The van der Waals surface area contributed by atoms with Crippen molar-refractivity contribution in [2.75, 3.05) is 19.6 Å². The molecule has 1 aromatic heterocycles. The Morgan fingerprint density at radius 1 is 1.38 bits per heavy atom. The fraction of sp³-hybridized carbons (Fsp3) is 0.692. The number of nitrogens with two attached hydrogens (primary N) is 1. The van der Waals surface area contributed by atoms with Crippen LogP contribution < -0.4 is 5.73 Å². The van der Waals surface area contributed by atoms with Crippen molar-refractivity contribution in [1.82, 2.24) is 4.90 Å². The lowest BCUT2D eigenvalue weighted by Gasteiger charge is -2.31. The van der Waals surface area contributed by atoms with Crippen molar-refractivity contribution in [1.29, 1.82) is 0 Å². The van der Waals surface area contributed by atoms with Gasteiger partial charge in [0.2, 0.25) is 0 Å². The molecule has 0 atom stereocenters. The summed E-state index contributed by atoms with van der Waals surface area (Å²) in [4.78, 5) is 4.09. The Balaban J connectivity index is 1.69. The van der Waals surface area contributed by atoms with E-state index >= 15 is 0 Å². The van der Waals surface area contributed by atoms with Gasteiger partial charge in [0.15, 0.2) is 0 Å². The van der Waals surface area contributed by atoms with Gasteiger partial charge < -0.3 is 5.73 Å². The highest BCUT2D eigenvalue weighted by molar-refractivity contribution is 7.09. The second-order valence-electron chi connectivity index (χ2n) is 4.73. The first-order valence-electron chi connectivity index (χ1n) is 6.33. The van der Waals surface area contributed by atoms with E-state index in [4.69, 9.17) is 5.73 Å². The summed E-state index contributed by atoms with van der Waals surface area (Å²) in [7, 11) is 0. The first-order chi connectivity index (χ1) is 7.88. The van der Waals surface area contributed by atoms with Crippen molar-refractivity contribution >= 4 is 11.3 Å². The van der Waals surface area contributed by atoms with E-state index < -0.39 is 0 Å². The van der Waals surface area contributed by atoms with E-state index in [1.54, 1.807) is 0 Å². The molecular formula is C13H22N2S. The number of rotatable bonds is 5. The Hall–Kier alpha value is -0.380. The van der Waals surface area contributed by atoms with Crippen LogP contribution in [0, 0.1) is 5.92 Å². The number of nitrogens with zero attached hydrogens (tertiary/aromatic N) is 1. The van der Waals surface area contributed by atoms with Crippen LogP contribution in [0.3, 0.4) is 0 Å².